The highest BCUT2D eigenvalue weighted by Crippen LogP contribution is 2.31. The number of amides is 1. The number of hydrogen-bond donors (Lipinski definition) is 0. The molecular formula is C19H22N2O2S. The number of aromatic nitrogens is 1. The molecule has 2 aliphatic rings. The smallest absolute Gasteiger partial charge is 0.254 e. The minimum Gasteiger partial charge on any atom is -0.381 e. The van der Waals surface area contributed by atoms with Crippen molar-refractivity contribution in [2.45, 2.75) is 32.2 Å². The third-order valence-electron chi connectivity index (χ3n) is 4.73. The normalized spacial score (nSPS) is 20.3. The molecule has 2 aromatic rings. The van der Waals surface area contributed by atoms with Crippen LogP contribution in [-0.4, -0.2) is 41.6 Å². The Morgan fingerprint density at radius 2 is 2.08 bits per heavy atom. The van der Waals surface area contributed by atoms with Crippen molar-refractivity contribution in [1.82, 2.24) is 9.88 Å². The Morgan fingerprint density at radius 1 is 1.29 bits per heavy atom. The molecule has 1 saturated carbocycles. The number of rotatable bonds is 5. The van der Waals surface area contributed by atoms with Gasteiger partial charge in [-0.2, -0.15) is 0 Å². The number of benzene rings is 1. The summed E-state index contributed by atoms with van der Waals surface area (Å²) in [7, 11) is 0. The van der Waals surface area contributed by atoms with Crippen LogP contribution in [0.5, 0.6) is 0 Å². The molecule has 1 saturated heterocycles. The van der Waals surface area contributed by atoms with Gasteiger partial charge in [0.2, 0.25) is 0 Å². The van der Waals surface area contributed by atoms with Crippen molar-refractivity contribution in [2.24, 2.45) is 5.92 Å². The molecule has 4 nitrogen and oxygen atoms in total. The van der Waals surface area contributed by atoms with Crippen LogP contribution in [-0.2, 0) is 4.74 Å². The van der Waals surface area contributed by atoms with E-state index in [2.05, 4.69) is 9.88 Å². The topological polar surface area (TPSA) is 42.4 Å². The zero-order valence-electron chi connectivity index (χ0n) is 13.9. The number of nitrogens with zero attached hydrogens (tertiary/aromatic N) is 2. The summed E-state index contributed by atoms with van der Waals surface area (Å²) in [5, 5.41) is 3.06. The molecule has 0 unspecified atom stereocenters. The number of carbonyl (C=O) groups is 1. The number of hydrogen-bond acceptors (Lipinski definition) is 4. The molecule has 0 spiro atoms. The summed E-state index contributed by atoms with van der Waals surface area (Å²) in [5.74, 6) is 0.651. The van der Waals surface area contributed by atoms with Gasteiger partial charge < -0.3 is 9.64 Å². The lowest BCUT2D eigenvalue weighted by molar-refractivity contribution is 0.0706. The minimum atomic E-state index is 0.159. The average Bonchev–Trinajstić information content (AvgIpc) is 3.13. The molecular weight excluding hydrogens is 320 g/mol. The third kappa shape index (κ3) is 3.37. The predicted octanol–water partition coefficient (Wildman–Crippen LogP) is 3.76. The van der Waals surface area contributed by atoms with Crippen molar-refractivity contribution >= 4 is 17.2 Å². The van der Waals surface area contributed by atoms with Gasteiger partial charge >= 0.3 is 0 Å². The highest BCUT2D eigenvalue weighted by Gasteiger charge is 2.35. The molecule has 1 aliphatic carbocycles. The first-order chi connectivity index (χ1) is 11.7. The van der Waals surface area contributed by atoms with Crippen molar-refractivity contribution in [2.75, 3.05) is 19.8 Å². The molecule has 0 N–H and O–H groups in total. The summed E-state index contributed by atoms with van der Waals surface area (Å²) < 4.78 is 5.47. The summed E-state index contributed by atoms with van der Waals surface area (Å²) in [6.07, 6.45) is 3.34. The lowest BCUT2D eigenvalue weighted by atomic mass is 10.1. The first-order valence-corrected chi connectivity index (χ1v) is 9.50. The lowest BCUT2D eigenvalue weighted by Crippen LogP contribution is -2.37. The highest BCUT2D eigenvalue weighted by atomic mass is 32.1. The van der Waals surface area contributed by atoms with Crippen LogP contribution in [0.2, 0.25) is 0 Å². The van der Waals surface area contributed by atoms with Crippen LogP contribution in [0.4, 0.5) is 0 Å². The van der Waals surface area contributed by atoms with Gasteiger partial charge in [-0.15, -0.1) is 11.3 Å². The monoisotopic (exact) mass is 342 g/mol. The lowest BCUT2D eigenvalue weighted by Gasteiger charge is -2.25. The van der Waals surface area contributed by atoms with Gasteiger partial charge in [0.25, 0.3) is 5.91 Å². The van der Waals surface area contributed by atoms with E-state index >= 15 is 0 Å². The first kappa shape index (κ1) is 15.8. The zero-order valence-corrected chi connectivity index (χ0v) is 14.7. The van der Waals surface area contributed by atoms with Crippen LogP contribution in [0, 0.1) is 12.8 Å². The Labute approximate surface area is 146 Å². The van der Waals surface area contributed by atoms with Gasteiger partial charge in [-0.05, 0) is 38.3 Å². The van der Waals surface area contributed by atoms with Crippen molar-refractivity contribution in [3.63, 3.8) is 0 Å². The fourth-order valence-electron chi connectivity index (χ4n) is 3.20. The van der Waals surface area contributed by atoms with E-state index in [9.17, 15) is 4.79 Å². The van der Waals surface area contributed by atoms with Crippen LogP contribution >= 0.6 is 11.3 Å². The number of aryl methyl sites for hydroxylation is 1. The van der Waals surface area contributed by atoms with E-state index in [1.807, 2.05) is 36.6 Å². The molecule has 1 aromatic carbocycles. The molecule has 4 rings (SSSR count). The maximum absolute atomic E-state index is 12.9. The zero-order chi connectivity index (χ0) is 16.5. The van der Waals surface area contributed by atoms with Gasteiger partial charge in [-0.1, -0.05) is 12.1 Å². The van der Waals surface area contributed by atoms with Gasteiger partial charge in [0.1, 0.15) is 5.01 Å². The van der Waals surface area contributed by atoms with E-state index in [1.165, 1.54) is 0 Å². The molecule has 1 aromatic heterocycles. The molecule has 0 bridgehead atoms. The fourth-order valence-corrected chi connectivity index (χ4v) is 4.00. The second kappa shape index (κ2) is 6.65. The van der Waals surface area contributed by atoms with Crippen LogP contribution in [0.1, 0.15) is 35.3 Å². The molecule has 2 heterocycles. The molecule has 1 atom stereocenters. The largest absolute Gasteiger partial charge is 0.381 e. The number of thiazole rings is 1. The number of carbonyl (C=O) groups excluding carboxylic acids is 1. The fraction of sp³-hybridized carbons (Fsp3) is 0.474. The summed E-state index contributed by atoms with van der Waals surface area (Å²) >= 11 is 1.64. The summed E-state index contributed by atoms with van der Waals surface area (Å²) in [6, 6.07) is 8.33. The van der Waals surface area contributed by atoms with Gasteiger partial charge in [0, 0.05) is 47.3 Å². The van der Waals surface area contributed by atoms with Crippen LogP contribution in [0.25, 0.3) is 10.6 Å². The van der Waals surface area contributed by atoms with Crippen LogP contribution in [0.15, 0.2) is 29.6 Å². The maximum atomic E-state index is 12.9. The average molecular weight is 342 g/mol. The van der Waals surface area contributed by atoms with Crippen LogP contribution in [0.3, 0.4) is 0 Å². The summed E-state index contributed by atoms with van der Waals surface area (Å²) in [4.78, 5) is 19.5. The number of ether oxygens (including phenoxy) is 1. The summed E-state index contributed by atoms with van der Waals surface area (Å²) in [5.41, 5.74) is 2.89. The molecule has 1 aliphatic heterocycles. The maximum Gasteiger partial charge on any atom is 0.254 e. The Morgan fingerprint density at radius 3 is 2.67 bits per heavy atom. The van der Waals surface area contributed by atoms with Gasteiger partial charge in [0.05, 0.1) is 6.61 Å². The van der Waals surface area contributed by atoms with Gasteiger partial charge in [-0.25, -0.2) is 4.98 Å². The van der Waals surface area contributed by atoms with Crippen molar-refractivity contribution in [3.05, 3.63) is 40.9 Å². The van der Waals surface area contributed by atoms with E-state index in [0.29, 0.717) is 12.0 Å². The Kier molecular flexibility index (Phi) is 4.37. The minimum absolute atomic E-state index is 0.159. The van der Waals surface area contributed by atoms with Crippen molar-refractivity contribution in [3.8, 4) is 10.6 Å². The molecule has 24 heavy (non-hydrogen) atoms. The third-order valence-corrected chi connectivity index (χ3v) is 5.73. The molecule has 2 fully saturated rings. The summed E-state index contributed by atoms with van der Waals surface area (Å²) in [6.45, 7) is 4.45. The van der Waals surface area contributed by atoms with E-state index < -0.39 is 0 Å². The van der Waals surface area contributed by atoms with E-state index in [-0.39, 0.29) is 5.91 Å². The SMILES string of the molecule is Cc1csc(-c2ccc(C(=O)N(C[C@H]3CCOC3)C3CC3)cc2)n1. The Bertz CT molecular complexity index is 715. The molecule has 0 radical (unpaired) electrons. The molecule has 5 heteroatoms. The standard InChI is InChI=1S/C19H22N2O2S/c1-13-12-24-18(20-13)15-2-4-16(5-3-15)19(22)21(17-6-7-17)10-14-8-9-23-11-14/h2-5,12,14,17H,6-11H2,1H3/t14-/m1/s1. The Balaban J connectivity index is 1.49. The first-order valence-electron chi connectivity index (χ1n) is 8.62. The van der Waals surface area contributed by atoms with E-state index in [1.54, 1.807) is 11.3 Å². The predicted molar refractivity (Wildman–Crippen MR) is 95.3 cm³/mol. The van der Waals surface area contributed by atoms with E-state index in [4.69, 9.17) is 4.74 Å². The quantitative estimate of drug-likeness (QED) is 0.831. The second-order valence-corrected chi connectivity index (χ2v) is 7.65. The highest BCUT2D eigenvalue weighted by molar-refractivity contribution is 7.13. The van der Waals surface area contributed by atoms with Gasteiger partial charge in [-0.3, -0.25) is 4.79 Å². The van der Waals surface area contributed by atoms with E-state index in [0.717, 1.165) is 60.8 Å². The van der Waals surface area contributed by atoms with Crippen molar-refractivity contribution < 1.29 is 9.53 Å². The second-order valence-electron chi connectivity index (χ2n) is 6.79. The molecule has 1 amide bonds. The van der Waals surface area contributed by atoms with Gasteiger partial charge in [0.15, 0.2) is 0 Å². The van der Waals surface area contributed by atoms with Crippen LogP contribution < -0.4 is 0 Å². The molecule has 126 valence electrons. The Hall–Kier alpha value is -1.72. The van der Waals surface area contributed by atoms with Crippen molar-refractivity contribution in [1.29, 1.82) is 0 Å².